The minimum Gasteiger partial charge on any atom is -0.490 e. The summed E-state index contributed by atoms with van der Waals surface area (Å²) in [5, 5.41) is 0. The van der Waals surface area contributed by atoms with Gasteiger partial charge in [-0.15, -0.1) is 11.3 Å². The number of hydrogen-bond acceptors (Lipinski definition) is 5. The Morgan fingerprint density at radius 2 is 2.00 bits per heavy atom. The average molecular weight is 443 g/mol. The monoisotopic (exact) mass is 442 g/mol. The molecule has 0 atom stereocenters. The molecule has 0 unspecified atom stereocenters. The minimum atomic E-state index is -3.77. The third-order valence-electron chi connectivity index (χ3n) is 4.28. The number of hydrogen-bond donors (Lipinski definition) is 1. The first-order valence-corrected chi connectivity index (χ1v) is 11.5. The zero-order valence-corrected chi connectivity index (χ0v) is 18.5. The van der Waals surface area contributed by atoms with E-state index in [2.05, 4.69) is 4.72 Å². The van der Waals surface area contributed by atoms with Crippen LogP contribution in [0.15, 0.2) is 34.5 Å². The molecular weight excluding hydrogens is 420 g/mol. The normalized spacial score (nSPS) is 16.5. The van der Waals surface area contributed by atoms with Crippen LogP contribution in [0.4, 0.5) is 11.4 Å². The lowest BCUT2D eigenvalue weighted by molar-refractivity contribution is -0.127. The highest BCUT2D eigenvalue weighted by Gasteiger charge is 2.38. The number of carbonyl (C=O) groups excluding carboxylic acids is 1. The molecule has 0 aliphatic carbocycles. The summed E-state index contributed by atoms with van der Waals surface area (Å²) in [6.07, 6.45) is 0. The maximum Gasteiger partial charge on any atom is 0.271 e. The number of amides is 1. The molecule has 1 aromatic carbocycles. The Morgan fingerprint density at radius 3 is 2.61 bits per heavy atom. The third-order valence-corrected chi connectivity index (χ3v) is 7.38. The van der Waals surface area contributed by atoms with Gasteiger partial charge in [0.05, 0.1) is 21.1 Å². The summed E-state index contributed by atoms with van der Waals surface area (Å²) in [6, 6.07) is 7.96. The van der Waals surface area contributed by atoms with Crippen molar-refractivity contribution in [2.45, 2.75) is 31.9 Å². The molecule has 1 N–H and O–H groups in total. The molecule has 9 heteroatoms. The molecular formula is C19H23ClN2O4S2. The highest BCUT2D eigenvalue weighted by Crippen LogP contribution is 2.39. The summed E-state index contributed by atoms with van der Waals surface area (Å²) in [7, 11) is -3.77. The van der Waals surface area contributed by atoms with Crippen molar-refractivity contribution >= 4 is 50.2 Å². The van der Waals surface area contributed by atoms with Gasteiger partial charge in [0, 0.05) is 6.54 Å². The quantitative estimate of drug-likeness (QED) is 0.733. The van der Waals surface area contributed by atoms with Gasteiger partial charge < -0.3 is 9.64 Å². The summed E-state index contributed by atoms with van der Waals surface area (Å²) >= 11 is 6.84. The Labute approximate surface area is 174 Å². The second kappa shape index (κ2) is 7.57. The number of benzene rings is 1. The van der Waals surface area contributed by atoms with Gasteiger partial charge in [0.25, 0.3) is 10.0 Å². The van der Waals surface area contributed by atoms with E-state index in [-0.39, 0.29) is 22.6 Å². The number of carbonyl (C=O) groups is 1. The molecule has 1 aromatic heterocycles. The minimum absolute atomic E-state index is 0.0509. The van der Waals surface area contributed by atoms with Crippen LogP contribution in [0.3, 0.4) is 0 Å². The standard InChI is InChI=1S/C19H23ClN2O4S2/c1-12(2)10-22-14-9-13(21-28(24,25)17-8-7-16(20)27-17)5-6-15(14)26-11-19(3,4)18(22)23/h5-9,12,21H,10-11H2,1-4H3. The van der Waals surface area contributed by atoms with Gasteiger partial charge in [-0.25, -0.2) is 8.42 Å². The zero-order valence-electron chi connectivity index (χ0n) is 16.2. The average Bonchev–Trinajstić information content (AvgIpc) is 3.01. The van der Waals surface area contributed by atoms with Crippen molar-refractivity contribution in [3.05, 3.63) is 34.7 Å². The number of thiophene rings is 1. The topological polar surface area (TPSA) is 75.7 Å². The van der Waals surface area contributed by atoms with E-state index in [1.165, 1.54) is 12.1 Å². The molecule has 0 radical (unpaired) electrons. The number of nitrogens with one attached hydrogen (secondary N) is 1. The number of fused-ring (bicyclic) bond motifs is 1. The van der Waals surface area contributed by atoms with Gasteiger partial charge in [0.15, 0.2) is 0 Å². The molecule has 152 valence electrons. The van der Waals surface area contributed by atoms with E-state index >= 15 is 0 Å². The summed E-state index contributed by atoms with van der Waals surface area (Å²) < 4.78 is 34.2. The van der Waals surface area contributed by atoms with Crippen molar-refractivity contribution < 1.29 is 17.9 Å². The van der Waals surface area contributed by atoms with E-state index in [1.807, 2.05) is 27.7 Å². The van der Waals surface area contributed by atoms with Crippen LogP contribution in [0.2, 0.25) is 4.34 Å². The Kier molecular flexibility index (Phi) is 5.67. The second-order valence-electron chi connectivity index (χ2n) is 7.83. The Bertz CT molecular complexity index is 999. The van der Waals surface area contributed by atoms with Crippen LogP contribution >= 0.6 is 22.9 Å². The molecule has 3 rings (SSSR count). The van der Waals surface area contributed by atoms with Crippen LogP contribution in [0.5, 0.6) is 5.75 Å². The number of anilines is 2. The molecule has 0 saturated carbocycles. The molecule has 2 heterocycles. The van der Waals surface area contributed by atoms with Crippen LogP contribution in [0.25, 0.3) is 0 Å². The molecule has 28 heavy (non-hydrogen) atoms. The molecule has 1 aliphatic rings. The van der Waals surface area contributed by atoms with E-state index in [0.717, 1.165) is 11.3 Å². The van der Waals surface area contributed by atoms with Gasteiger partial charge in [-0.1, -0.05) is 25.4 Å². The fraction of sp³-hybridized carbons (Fsp3) is 0.421. The van der Waals surface area contributed by atoms with E-state index in [0.29, 0.717) is 28.0 Å². The van der Waals surface area contributed by atoms with Crippen molar-refractivity contribution in [1.29, 1.82) is 0 Å². The third kappa shape index (κ3) is 4.29. The van der Waals surface area contributed by atoms with Crippen molar-refractivity contribution in [2.75, 3.05) is 22.8 Å². The first-order valence-electron chi connectivity index (χ1n) is 8.86. The lowest BCUT2D eigenvalue weighted by atomic mass is 9.92. The van der Waals surface area contributed by atoms with Gasteiger partial charge in [0.2, 0.25) is 5.91 Å². The van der Waals surface area contributed by atoms with E-state index < -0.39 is 15.4 Å². The number of rotatable bonds is 5. The maximum atomic E-state index is 13.1. The molecule has 0 bridgehead atoms. The predicted molar refractivity (Wildman–Crippen MR) is 113 cm³/mol. The Hall–Kier alpha value is -1.77. The lowest BCUT2D eigenvalue weighted by Crippen LogP contribution is -2.43. The van der Waals surface area contributed by atoms with E-state index in [4.69, 9.17) is 16.3 Å². The summed E-state index contributed by atoms with van der Waals surface area (Å²) in [4.78, 5) is 14.8. The SMILES string of the molecule is CC(C)CN1C(=O)C(C)(C)COc2ccc(NS(=O)(=O)c3ccc(Cl)s3)cc21. The van der Waals surface area contributed by atoms with E-state index in [9.17, 15) is 13.2 Å². The second-order valence-corrected chi connectivity index (χ2v) is 11.5. The van der Waals surface area contributed by atoms with Crippen molar-refractivity contribution in [2.24, 2.45) is 11.3 Å². The highest BCUT2D eigenvalue weighted by molar-refractivity contribution is 7.94. The van der Waals surface area contributed by atoms with Gasteiger partial charge in [-0.3, -0.25) is 9.52 Å². The predicted octanol–water partition coefficient (Wildman–Crippen LogP) is 4.61. The zero-order chi connectivity index (χ0) is 20.7. The Balaban J connectivity index is 1.99. The molecule has 0 saturated heterocycles. The first kappa shape index (κ1) is 21.0. The summed E-state index contributed by atoms with van der Waals surface area (Å²) in [6.45, 7) is 8.51. The number of nitrogens with zero attached hydrogens (tertiary/aromatic N) is 1. The fourth-order valence-corrected chi connectivity index (χ4v) is 5.43. The fourth-order valence-electron chi connectivity index (χ4n) is 2.90. The molecule has 2 aromatic rings. The first-order chi connectivity index (χ1) is 13.0. The number of halogens is 1. The highest BCUT2D eigenvalue weighted by atomic mass is 35.5. The van der Waals surface area contributed by atoms with Crippen LogP contribution in [0, 0.1) is 11.3 Å². The van der Waals surface area contributed by atoms with Crippen LogP contribution < -0.4 is 14.4 Å². The van der Waals surface area contributed by atoms with Crippen molar-refractivity contribution in [1.82, 2.24) is 0 Å². The van der Waals surface area contributed by atoms with Crippen LogP contribution in [-0.4, -0.2) is 27.5 Å². The smallest absolute Gasteiger partial charge is 0.271 e. The number of ether oxygens (including phenoxy) is 1. The maximum absolute atomic E-state index is 13.1. The van der Waals surface area contributed by atoms with Crippen molar-refractivity contribution in [3.8, 4) is 5.75 Å². The van der Waals surface area contributed by atoms with Crippen LogP contribution in [0.1, 0.15) is 27.7 Å². The Morgan fingerprint density at radius 1 is 1.29 bits per heavy atom. The van der Waals surface area contributed by atoms with E-state index in [1.54, 1.807) is 23.1 Å². The molecule has 1 amide bonds. The van der Waals surface area contributed by atoms with Gasteiger partial charge in [-0.05, 0) is 50.1 Å². The summed E-state index contributed by atoms with van der Waals surface area (Å²) in [5.41, 5.74) is 0.239. The van der Waals surface area contributed by atoms with Crippen molar-refractivity contribution in [3.63, 3.8) is 0 Å². The molecule has 1 aliphatic heterocycles. The molecule has 0 fully saturated rings. The van der Waals surface area contributed by atoms with Gasteiger partial charge >= 0.3 is 0 Å². The lowest BCUT2D eigenvalue weighted by Gasteiger charge is -2.29. The largest absolute Gasteiger partial charge is 0.490 e. The summed E-state index contributed by atoms with van der Waals surface area (Å²) in [5.74, 6) is 0.742. The molecule has 6 nitrogen and oxygen atoms in total. The van der Waals surface area contributed by atoms with Crippen LogP contribution in [-0.2, 0) is 14.8 Å². The molecule has 0 spiro atoms. The number of sulfonamides is 1. The van der Waals surface area contributed by atoms with Gasteiger partial charge in [-0.2, -0.15) is 0 Å². The van der Waals surface area contributed by atoms with Gasteiger partial charge in [0.1, 0.15) is 16.6 Å².